The number of carbonyl (C=O) groups excluding carboxylic acids is 1. The molecule has 0 aliphatic rings. The van der Waals surface area contributed by atoms with E-state index in [0.717, 1.165) is 44.4 Å². The molecule has 0 aliphatic heterocycles. The molecule has 4 rings (SSSR count). The number of halogens is 3. The number of alkyl halides is 3. The molecular weight excluding hydrogens is 503 g/mol. The third-order valence-corrected chi connectivity index (χ3v) is 7.22. The predicted molar refractivity (Wildman–Crippen MR) is 141 cm³/mol. The molecule has 0 saturated heterocycles. The minimum absolute atomic E-state index is 0.105. The van der Waals surface area contributed by atoms with Crippen molar-refractivity contribution in [1.82, 2.24) is 19.4 Å². The summed E-state index contributed by atoms with van der Waals surface area (Å²) in [5.74, 6) is 0.328. The van der Waals surface area contributed by atoms with Crippen LogP contribution in [0.25, 0.3) is 21.3 Å². The van der Waals surface area contributed by atoms with Crippen LogP contribution in [0.3, 0.4) is 0 Å². The number of aryl methyl sites for hydroxylation is 1. The van der Waals surface area contributed by atoms with Gasteiger partial charge in [-0.3, -0.25) is 4.79 Å². The molecule has 0 amide bonds. The second kappa shape index (κ2) is 11.5. The smallest absolute Gasteiger partial charge is 0.406 e. The summed E-state index contributed by atoms with van der Waals surface area (Å²) in [6, 6.07) is 9.53. The molecule has 0 spiro atoms. The normalized spacial score (nSPS) is 12.1. The molecule has 37 heavy (non-hydrogen) atoms. The monoisotopic (exact) mass is 533 g/mol. The van der Waals surface area contributed by atoms with Crippen LogP contribution in [0.4, 0.5) is 24.3 Å². The van der Waals surface area contributed by atoms with E-state index < -0.39 is 6.36 Å². The van der Waals surface area contributed by atoms with E-state index in [-0.39, 0.29) is 11.5 Å². The van der Waals surface area contributed by atoms with Crippen molar-refractivity contribution in [2.24, 2.45) is 7.05 Å². The van der Waals surface area contributed by atoms with Crippen LogP contribution >= 0.6 is 11.3 Å². The first-order valence-corrected chi connectivity index (χ1v) is 13.1. The van der Waals surface area contributed by atoms with E-state index in [2.05, 4.69) is 38.8 Å². The van der Waals surface area contributed by atoms with E-state index in [4.69, 9.17) is 0 Å². The number of hydrogen-bond acceptors (Lipinski definition) is 7. The van der Waals surface area contributed by atoms with Gasteiger partial charge in [0.25, 0.3) is 0 Å². The van der Waals surface area contributed by atoms with Crippen molar-refractivity contribution in [3.8, 4) is 5.75 Å². The van der Waals surface area contributed by atoms with Gasteiger partial charge in [0, 0.05) is 25.1 Å². The molecule has 0 bridgehead atoms. The third-order valence-electron chi connectivity index (χ3n) is 6.29. The van der Waals surface area contributed by atoms with Crippen LogP contribution in [-0.2, 0) is 7.05 Å². The molecule has 0 fully saturated rings. The Kier molecular flexibility index (Phi) is 8.33. The third kappa shape index (κ3) is 6.78. The van der Waals surface area contributed by atoms with Crippen LogP contribution in [0.5, 0.6) is 5.75 Å². The number of nitrogens with zero attached hydrogens (tertiary/aromatic N) is 4. The van der Waals surface area contributed by atoms with Gasteiger partial charge in [0.05, 0.1) is 21.3 Å². The fourth-order valence-electron chi connectivity index (χ4n) is 4.22. The van der Waals surface area contributed by atoms with Gasteiger partial charge in [0.15, 0.2) is 10.9 Å². The molecule has 198 valence electrons. The number of hydrogen-bond donors (Lipinski definition) is 1. The Hall–Kier alpha value is -3.18. The van der Waals surface area contributed by atoms with Gasteiger partial charge >= 0.3 is 6.36 Å². The number of anilines is 2. The number of imidazole rings is 1. The molecule has 1 N–H and O–H groups in total. The number of aromatic nitrogens is 3. The lowest BCUT2D eigenvalue weighted by Gasteiger charge is -2.17. The van der Waals surface area contributed by atoms with E-state index >= 15 is 0 Å². The Balaban J connectivity index is 1.41. The summed E-state index contributed by atoms with van der Waals surface area (Å²) >= 11 is 1.20. The summed E-state index contributed by atoms with van der Waals surface area (Å²) in [6.07, 6.45) is -1.27. The Bertz CT molecular complexity index is 1380. The molecule has 0 atom stereocenters. The second-order valence-corrected chi connectivity index (χ2v) is 9.81. The number of thiazole rings is 1. The SMILES string of the molecule is CCN(CC)CCCCCC(=O)c1ccc2c(c1)nc(Nc1nc3ccc(OC(F)(F)F)cc3s1)n2C. The van der Waals surface area contributed by atoms with Crippen molar-refractivity contribution in [3.05, 3.63) is 42.0 Å². The minimum Gasteiger partial charge on any atom is -0.406 e. The van der Waals surface area contributed by atoms with Crippen molar-refractivity contribution >= 4 is 49.4 Å². The highest BCUT2D eigenvalue weighted by molar-refractivity contribution is 7.22. The number of unbranched alkanes of at least 4 members (excludes halogenated alkanes) is 2. The molecule has 0 radical (unpaired) electrons. The molecule has 7 nitrogen and oxygen atoms in total. The van der Waals surface area contributed by atoms with Gasteiger partial charge in [0.2, 0.25) is 5.95 Å². The average molecular weight is 534 g/mol. The van der Waals surface area contributed by atoms with Gasteiger partial charge < -0.3 is 19.5 Å². The van der Waals surface area contributed by atoms with E-state index in [1.165, 1.54) is 29.5 Å². The summed E-state index contributed by atoms with van der Waals surface area (Å²) in [6.45, 7) is 7.48. The van der Waals surface area contributed by atoms with Gasteiger partial charge in [-0.2, -0.15) is 0 Å². The van der Waals surface area contributed by atoms with E-state index in [1.807, 2.05) is 23.7 Å². The van der Waals surface area contributed by atoms with Crippen molar-refractivity contribution in [2.75, 3.05) is 25.0 Å². The summed E-state index contributed by atoms with van der Waals surface area (Å²) in [5, 5.41) is 3.63. The Labute approximate surface area is 217 Å². The van der Waals surface area contributed by atoms with Crippen molar-refractivity contribution in [3.63, 3.8) is 0 Å². The van der Waals surface area contributed by atoms with Gasteiger partial charge in [-0.15, -0.1) is 13.2 Å². The number of ether oxygens (including phenoxy) is 1. The average Bonchev–Trinajstić information content (AvgIpc) is 3.39. The number of nitrogens with one attached hydrogen (secondary N) is 1. The highest BCUT2D eigenvalue weighted by Crippen LogP contribution is 2.33. The molecule has 11 heteroatoms. The topological polar surface area (TPSA) is 72.3 Å². The summed E-state index contributed by atoms with van der Waals surface area (Å²) < 4.78 is 44.0. The number of rotatable bonds is 12. The lowest BCUT2D eigenvalue weighted by atomic mass is 10.0. The van der Waals surface area contributed by atoms with Crippen LogP contribution in [-0.4, -0.2) is 51.2 Å². The fourth-order valence-corrected chi connectivity index (χ4v) is 5.11. The molecule has 2 heterocycles. The van der Waals surface area contributed by atoms with Crippen molar-refractivity contribution in [2.45, 2.75) is 45.9 Å². The predicted octanol–water partition coefficient (Wildman–Crippen LogP) is 6.91. The minimum atomic E-state index is -4.75. The quantitative estimate of drug-likeness (QED) is 0.158. The van der Waals surface area contributed by atoms with Crippen LogP contribution in [0.2, 0.25) is 0 Å². The zero-order chi connectivity index (χ0) is 26.6. The largest absolute Gasteiger partial charge is 0.573 e. The maximum absolute atomic E-state index is 12.7. The molecule has 2 aromatic heterocycles. The second-order valence-electron chi connectivity index (χ2n) is 8.78. The van der Waals surface area contributed by atoms with Gasteiger partial charge in [-0.1, -0.05) is 31.6 Å². The number of fused-ring (bicyclic) bond motifs is 2. The lowest BCUT2D eigenvalue weighted by molar-refractivity contribution is -0.274. The molecule has 0 saturated carbocycles. The van der Waals surface area contributed by atoms with Crippen molar-refractivity contribution in [1.29, 1.82) is 0 Å². The first-order valence-electron chi connectivity index (χ1n) is 12.3. The highest BCUT2D eigenvalue weighted by Gasteiger charge is 2.31. The number of ketones is 1. The molecule has 2 aromatic carbocycles. The number of Topliss-reactive ketones (excluding diaryl/α,β-unsaturated/α-hetero) is 1. The zero-order valence-electron chi connectivity index (χ0n) is 21.1. The lowest BCUT2D eigenvalue weighted by Crippen LogP contribution is -2.23. The standard InChI is InChI=1S/C26H30F3N5O2S/c1-4-34(5-2)14-8-6-7-9-22(35)17-10-13-21-20(15-17)30-24(33(21)3)32-25-31-19-12-11-18(16-23(19)37-25)36-26(27,28)29/h10-13,15-16H,4-9,14H2,1-3H3,(H,30,31,32). The summed E-state index contributed by atoms with van der Waals surface area (Å²) in [4.78, 5) is 24.2. The number of benzene rings is 2. The summed E-state index contributed by atoms with van der Waals surface area (Å²) in [7, 11) is 1.84. The first-order chi connectivity index (χ1) is 17.7. The van der Waals surface area contributed by atoms with Crippen LogP contribution < -0.4 is 10.1 Å². The van der Waals surface area contributed by atoms with Crippen LogP contribution in [0, 0.1) is 0 Å². The molecule has 4 aromatic rings. The van der Waals surface area contributed by atoms with Crippen LogP contribution in [0.15, 0.2) is 36.4 Å². The van der Waals surface area contributed by atoms with Gasteiger partial charge in [0.1, 0.15) is 5.75 Å². The van der Waals surface area contributed by atoms with E-state index in [0.29, 0.717) is 38.8 Å². The fraction of sp³-hybridized carbons (Fsp3) is 0.423. The zero-order valence-corrected chi connectivity index (χ0v) is 21.9. The molecular formula is C26H30F3N5O2S. The summed E-state index contributed by atoms with van der Waals surface area (Å²) in [5.41, 5.74) is 2.71. The maximum atomic E-state index is 12.7. The van der Waals surface area contributed by atoms with E-state index in [1.54, 1.807) is 6.07 Å². The van der Waals surface area contributed by atoms with Gasteiger partial charge in [-0.05, 0) is 62.8 Å². The Morgan fingerprint density at radius 3 is 2.57 bits per heavy atom. The Morgan fingerprint density at radius 2 is 1.84 bits per heavy atom. The Morgan fingerprint density at radius 1 is 1.05 bits per heavy atom. The highest BCUT2D eigenvalue weighted by atomic mass is 32.1. The first kappa shape index (κ1) is 26.9. The van der Waals surface area contributed by atoms with Crippen LogP contribution in [0.1, 0.15) is 49.9 Å². The number of carbonyl (C=O) groups is 1. The molecule has 0 unspecified atom stereocenters. The van der Waals surface area contributed by atoms with Gasteiger partial charge in [-0.25, -0.2) is 9.97 Å². The van der Waals surface area contributed by atoms with Crippen molar-refractivity contribution < 1.29 is 22.7 Å². The van der Waals surface area contributed by atoms with E-state index in [9.17, 15) is 18.0 Å². The molecule has 0 aliphatic carbocycles. The maximum Gasteiger partial charge on any atom is 0.573 e.